The van der Waals surface area contributed by atoms with Crippen LogP contribution in [0.25, 0.3) is 11.0 Å². The molecule has 0 spiro atoms. The van der Waals surface area contributed by atoms with Crippen LogP contribution in [0.3, 0.4) is 0 Å². The molecule has 2 aromatic heterocycles. The number of hydrogen-bond donors (Lipinski definition) is 3. The van der Waals surface area contributed by atoms with Crippen LogP contribution < -0.4 is 21.4 Å². The average molecular weight is 440 g/mol. The van der Waals surface area contributed by atoms with Gasteiger partial charge in [-0.1, -0.05) is 32.0 Å². The number of nitrogens with zero attached hydrogens (tertiary/aromatic N) is 4. The minimum atomic E-state index is -0.360. The molecule has 0 amide bonds. The number of nitrogens with two attached hydrogens (primary N) is 1. The lowest BCUT2D eigenvalue weighted by Crippen LogP contribution is -2.30. The van der Waals surface area contributed by atoms with Gasteiger partial charge in [0.15, 0.2) is 11.3 Å². The zero-order valence-corrected chi connectivity index (χ0v) is 19.6. The third-order valence-corrected chi connectivity index (χ3v) is 4.95. The molecule has 0 bridgehead atoms. The monoisotopic (exact) mass is 439 g/mol. The van der Waals surface area contributed by atoms with Gasteiger partial charge in [-0.2, -0.15) is 10.1 Å². The van der Waals surface area contributed by atoms with E-state index in [2.05, 4.69) is 47.8 Å². The fraction of sp³-hybridized carbons (Fsp3) is 0.478. The summed E-state index contributed by atoms with van der Waals surface area (Å²) in [5, 5.41) is 11.1. The summed E-state index contributed by atoms with van der Waals surface area (Å²) in [6, 6.07) is 7.47. The fourth-order valence-corrected chi connectivity index (χ4v) is 3.50. The Kier molecular flexibility index (Phi) is 7.29. The van der Waals surface area contributed by atoms with Crippen LogP contribution in [0.2, 0.25) is 0 Å². The highest BCUT2D eigenvalue weighted by Gasteiger charge is 2.20. The van der Waals surface area contributed by atoms with E-state index in [0.717, 1.165) is 22.3 Å². The number of esters is 1. The van der Waals surface area contributed by atoms with Crippen LogP contribution in [0.15, 0.2) is 29.3 Å². The van der Waals surface area contributed by atoms with E-state index in [1.54, 1.807) is 6.07 Å². The number of anilines is 1. The Labute approximate surface area is 188 Å². The van der Waals surface area contributed by atoms with Gasteiger partial charge in [0.05, 0.1) is 17.8 Å². The van der Waals surface area contributed by atoms with Crippen molar-refractivity contribution in [3.8, 4) is 5.75 Å². The average Bonchev–Trinajstić information content (AvgIpc) is 3.15. The standard InChI is InChI=1S/C23H33N7O2/c1-13(2)19-21-20(29-28-19)22(27-23(26-11-15(5)24)30(21)14(3)4)25-12-17-9-7-8-10-18(17)32-16(6)31/h7-10,13-15H,11-12,24H2,1-6H3,(H,28,29)(H,25,26,27). The van der Waals surface area contributed by atoms with Crippen molar-refractivity contribution in [3.63, 3.8) is 0 Å². The van der Waals surface area contributed by atoms with Crippen molar-refractivity contribution in [2.24, 2.45) is 10.7 Å². The smallest absolute Gasteiger partial charge is 0.308 e. The molecule has 0 saturated heterocycles. The summed E-state index contributed by atoms with van der Waals surface area (Å²) in [6.45, 7) is 12.6. The van der Waals surface area contributed by atoms with Gasteiger partial charge in [0.25, 0.3) is 0 Å². The SMILES string of the molecule is CC(=O)Oc1ccccc1CNc1nc(=NCC(C)N)n(C(C)C)c2c(C(C)C)[nH]nc12. The highest BCUT2D eigenvalue weighted by Crippen LogP contribution is 2.28. The molecule has 0 radical (unpaired) electrons. The van der Waals surface area contributed by atoms with Gasteiger partial charge >= 0.3 is 5.97 Å². The van der Waals surface area contributed by atoms with E-state index in [4.69, 9.17) is 20.4 Å². The number of H-pyrrole nitrogens is 1. The summed E-state index contributed by atoms with van der Waals surface area (Å²) in [7, 11) is 0. The van der Waals surface area contributed by atoms with Crippen LogP contribution in [0.4, 0.5) is 5.82 Å². The first-order valence-electron chi connectivity index (χ1n) is 11.0. The first-order chi connectivity index (χ1) is 15.2. The Morgan fingerprint density at radius 3 is 2.59 bits per heavy atom. The Morgan fingerprint density at radius 1 is 1.25 bits per heavy atom. The zero-order chi connectivity index (χ0) is 23.4. The number of para-hydroxylation sites is 1. The van der Waals surface area contributed by atoms with E-state index in [0.29, 0.717) is 30.3 Å². The maximum Gasteiger partial charge on any atom is 0.308 e. The minimum Gasteiger partial charge on any atom is -0.426 e. The molecule has 0 aliphatic heterocycles. The van der Waals surface area contributed by atoms with Gasteiger partial charge in [0.1, 0.15) is 5.75 Å². The molecule has 1 aromatic carbocycles. The van der Waals surface area contributed by atoms with Crippen LogP contribution in [-0.2, 0) is 11.3 Å². The molecule has 2 heterocycles. The lowest BCUT2D eigenvalue weighted by molar-refractivity contribution is -0.131. The predicted molar refractivity (Wildman–Crippen MR) is 126 cm³/mol. The first-order valence-corrected chi connectivity index (χ1v) is 11.0. The van der Waals surface area contributed by atoms with Crippen LogP contribution in [0.1, 0.15) is 64.8 Å². The summed E-state index contributed by atoms with van der Waals surface area (Å²) in [5.41, 5.74) is 10.1. The number of nitrogens with one attached hydrogen (secondary N) is 2. The minimum absolute atomic E-state index is 0.0750. The summed E-state index contributed by atoms with van der Waals surface area (Å²) < 4.78 is 7.44. The van der Waals surface area contributed by atoms with Crippen molar-refractivity contribution in [2.75, 3.05) is 11.9 Å². The Balaban J connectivity index is 2.13. The van der Waals surface area contributed by atoms with Crippen molar-refractivity contribution < 1.29 is 9.53 Å². The Bertz CT molecular complexity index is 1160. The first kappa shape index (κ1) is 23.5. The van der Waals surface area contributed by atoms with Gasteiger partial charge in [-0.05, 0) is 32.8 Å². The van der Waals surface area contributed by atoms with Gasteiger partial charge in [0, 0.05) is 31.1 Å². The number of hydrogen-bond acceptors (Lipinski definition) is 7. The number of aromatic amines is 1. The number of fused-ring (bicyclic) bond motifs is 1. The van der Waals surface area contributed by atoms with Gasteiger partial charge in [-0.3, -0.25) is 9.89 Å². The lowest BCUT2D eigenvalue weighted by Gasteiger charge is -2.18. The quantitative estimate of drug-likeness (QED) is 0.366. The number of ether oxygens (including phenoxy) is 1. The van der Waals surface area contributed by atoms with Crippen molar-refractivity contribution >= 4 is 22.8 Å². The topological polar surface area (TPSA) is 123 Å². The lowest BCUT2D eigenvalue weighted by atomic mass is 10.1. The molecule has 4 N–H and O–H groups in total. The molecule has 0 saturated carbocycles. The second-order valence-electron chi connectivity index (χ2n) is 8.59. The number of rotatable bonds is 8. The van der Waals surface area contributed by atoms with Crippen LogP contribution in [0, 0.1) is 0 Å². The second kappa shape index (κ2) is 9.95. The van der Waals surface area contributed by atoms with E-state index in [-0.39, 0.29) is 24.0 Å². The number of benzene rings is 1. The van der Waals surface area contributed by atoms with Crippen LogP contribution in [-0.4, -0.2) is 38.3 Å². The second-order valence-corrected chi connectivity index (χ2v) is 8.59. The molecule has 32 heavy (non-hydrogen) atoms. The van der Waals surface area contributed by atoms with E-state index in [9.17, 15) is 4.79 Å². The molecule has 1 unspecified atom stereocenters. The predicted octanol–water partition coefficient (Wildman–Crippen LogP) is 3.25. The summed E-state index contributed by atoms with van der Waals surface area (Å²) in [5.74, 6) is 1.01. The highest BCUT2D eigenvalue weighted by atomic mass is 16.5. The van der Waals surface area contributed by atoms with Crippen molar-refractivity contribution in [2.45, 2.75) is 66.1 Å². The molecular weight excluding hydrogens is 406 g/mol. The molecule has 0 aliphatic carbocycles. The molecule has 9 nitrogen and oxygen atoms in total. The summed E-state index contributed by atoms with van der Waals surface area (Å²) in [4.78, 5) is 21.0. The van der Waals surface area contributed by atoms with Gasteiger partial charge < -0.3 is 20.4 Å². The normalized spacial score (nSPS) is 13.2. The molecule has 0 aliphatic rings. The van der Waals surface area contributed by atoms with Crippen LogP contribution >= 0.6 is 0 Å². The van der Waals surface area contributed by atoms with Gasteiger partial charge in [-0.15, -0.1) is 0 Å². The Morgan fingerprint density at radius 2 is 1.97 bits per heavy atom. The van der Waals surface area contributed by atoms with Crippen LogP contribution in [0.5, 0.6) is 5.75 Å². The van der Waals surface area contributed by atoms with Crippen molar-refractivity contribution in [1.82, 2.24) is 19.7 Å². The summed E-state index contributed by atoms with van der Waals surface area (Å²) >= 11 is 0. The molecule has 172 valence electrons. The molecule has 1 atom stereocenters. The largest absolute Gasteiger partial charge is 0.426 e. The van der Waals surface area contributed by atoms with Crippen molar-refractivity contribution in [3.05, 3.63) is 41.1 Å². The maximum atomic E-state index is 11.5. The molecule has 9 heteroatoms. The van der Waals surface area contributed by atoms with E-state index in [1.165, 1.54) is 6.92 Å². The Hall–Kier alpha value is -3.20. The zero-order valence-electron chi connectivity index (χ0n) is 19.6. The third kappa shape index (κ3) is 5.16. The van der Waals surface area contributed by atoms with E-state index >= 15 is 0 Å². The summed E-state index contributed by atoms with van der Waals surface area (Å²) in [6.07, 6.45) is 0. The maximum absolute atomic E-state index is 11.5. The van der Waals surface area contributed by atoms with E-state index < -0.39 is 0 Å². The third-order valence-electron chi connectivity index (χ3n) is 4.95. The molecule has 3 aromatic rings. The fourth-order valence-electron chi connectivity index (χ4n) is 3.50. The molecule has 0 fully saturated rings. The number of carbonyl (C=O) groups excluding carboxylic acids is 1. The number of aromatic nitrogens is 4. The van der Waals surface area contributed by atoms with Gasteiger partial charge in [0.2, 0.25) is 5.62 Å². The molecule has 3 rings (SSSR count). The van der Waals surface area contributed by atoms with Crippen molar-refractivity contribution in [1.29, 1.82) is 0 Å². The molecular formula is C23H33N7O2. The van der Waals surface area contributed by atoms with Gasteiger partial charge in [-0.25, -0.2) is 4.99 Å². The number of carbonyl (C=O) groups is 1. The van der Waals surface area contributed by atoms with E-state index in [1.807, 2.05) is 25.1 Å². The highest BCUT2D eigenvalue weighted by molar-refractivity contribution is 5.87.